The molecule has 0 saturated carbocycles. The minimum Gasteiger partial charge on any atom is -0.331 e. The molecule has 0 aromatic rings. The highest BCUT2D eigenvalue weighted by Gasteiger charge is 2.32. The first-order valence-corrected chi connectivity index (χ1v) is 4.25. The molecule has 0 aromatic heterocycles. The van der Waals surface area contributed by atoms with Crippen molar-refractivity contribution in [3.05, 3.63) is 0 Å². The van der Waals surface area contributed by atoms with Gasteiger partial charge in [-0.3, -0.25) is 0 Å². The van der Waals surface area contributed by atoms with E-state index in [0.29, 0.717) is 13.1 Å². The van der Waals surface area contributed by atoms with Crippen LogP contribution in [0.25, 0.3) is 0 Å². The van der Waals surface area contributed by atoms with Crippen molar-refractivity contribution in [2.75, 3.05) is 27.2 Å². The summed E-state index contributed by atoms with van der Waals surface area (Å²) in [7, 11) is 3.31. The van der Waals surface area contributed by atoms with Crippen molar-refractivity contribution in [1.82, 2.24) is 9.80 Å². The van der Waals surface area contributed by atoms with E-state index >= 15 is 0 Å². The molecule has 0 spiro atoms. The summed E-state index contributed by atoms with van der Waals surface area (Å²) < 4.78 is 23.8. The summed E-state index contributed by atoms with van der Waals surface area (Å²) >= 11 is 0. The maximum absolute atomic E-state index is 11.9. The van der Waals surface area contributed by atoms with Gasteiger partial charge >= 0.3 is 6.03 Å². The zero-order chi connectivity index (χ0) is 10.0. The summed E-state index contributed by atoms with van der Waals surface area (Å²) in [6, 6.07) is -0.0921. The number of carbonyl (C=O) groups is 1. The Morgan fingerprint density at radius 1 is 1.54 bits per heavy atom. The van der Waals surface area contributed by atoms with Gasteiger partial charge in [0.15, 0.2) is 0 Å². The molecule has 1 aliphatic heterocycles. The van der Waals surface area contributed by atoms with Crippen molar-refractivity contribution in [2.24, 2.45) is 5.92 Å². The third-order valence-corrected chi connectivity index (χ3v) is 2.12. The maximum atomic E-state index is 11.9. The molecule has 1 saturated heterocycles. The van der Waals surface area contributed by atoms with E-state index in [2.05, 4.69) is 0 Å². The third-order valence-electron chi connectivity index (χ3n) is 2.12. The topological polar surface area (TPSA) is 23.6 Å². The summed E-state index contributed by atoms with van der Waals surface area (Å²) in [5.74, 6) is -0.0103. The summed E-state index contributed by atoms with van der Waals surface area (Å²) in [6.07, 6.45) is -2.33. The van der Waals surface area contributed by atoms with E-state index in [0.717, 1.165) is 0 Å². The number of rotatable bonds is 2. The fraction of sp³-hybridized carbons (Fsp3) is 0.875. The van der Waals surface area contributed by atoms with Crippen LogP contribution in [0.5, 0.6) is 0 Å². The van der Waals surface area contributed by atoms with Gasteiger partial charge in [-0.15, -0.1) is 0 Å². The molecule has 76 valence electrons. The lowest BCUT2D eigenvalue weighted by molar-refractivity contribution is 0.0468. The van der Waals surface area contributed by atoms with E-state index in [-0.39, 0.29) is 18.4 Å². The molecule has 0 radical (unpaired) electrons. The molecule has 0 unspecified atom stereocenters. The zero-order valence-electron chi connectivity index (χ0n) is 7.83. The lowest BCUT2D eigenvalue weighted by Gasteiger charge is -2.40. The molecular formula is C8H14F2N2O. The highest BCUT2D eigenvalue weighted by atomic mass is 19.3. The zero-order valence-corrected chi connectivity index (χ0v) is 7.83. The first-order chi connectivity index (χ1) is 6.00. The molecule has 0 N–H and O–H groups in total. The molecule has 1 heterocycles. The van der Waals surface area contributed by atoms with Gasteiger partial charge in [0.25, 0.3) is 0 Å². The standard InChI is InChI=1S/C8H14F2N2O/c1-11(2)8(13)12-4-6(5-12)3-7(9)10/h6-7H,3-5H2,1-2H3. The van der Waals surface area contributed by atoms with E-state index < -0.39 is 6.43 Å². The van der Waals surface area contributed by atoms with Crippen molar-refractivity contribution in [1.29, 1.82) is 0 Å². The summed E-state index contributed by atoms with van der Waals surface area (Å²) in [6.45, 7) is 0.947. The van der Waals surface area contributed by atoms with Gasteiger partial charge in [-0.05, 0) is 5.92 Å². The number of nitrogens with zero attached hydrogens (tertiary/aromatic N) is 2. The van der Waals surface area contributed by atoms with Crippen LogP contribution in [0.3, 0.4) is 0 Å². The minimum atomic E-state index is -2.25. The van der Waals surface area contributed by atoms with Crippen LogP contribution in [0.15, 0.2) is 0 Å². The van der Waals surface area contributed by atoms with Gasteiger partial charge in [-0.1, -0.05) is 0 Å². The predicted molar refractivity (Wildman–Crippen MR) is 44.8 cm³/mol. The molecule has 0 aromatic carbocycles. The molecule has 1 rings (SSSR count). The van der Waals surface area contributed by atoms with Crippen LogP contribution < -0.4 is 0 Å². The Balaban J connectivity index is 2.22. The van der Waals surface area contributed by atoms with Gasteiger partial charge in [0.05, 0.1) is 0 Å². The second kappa shape index (κ2) is 3.89. The second-order valence-corrected chi connectivity index (χ2v) is 3.57. The molecule has 2 amide bonds. The highest BCUT2D eigenvalue weighted by molar-refractivity contribution is 5.74. The molecule has 5 heteroatoms. The molecule has 0 aliphatic carbocycles. The minimum absolute atomic E-state index is 0.0103. The van der Waals surface area contributed by atoms with Crippen LogP contribution in [0.4, 0.5) is 13.6 Å². The quantitative estimate of drug-likeness (QED) is 0.646. The number of halogens is 2. The number of hydrogen-bond acceptors (Lipinski definition) is 1. The Labute approximate surface area is 76.3 Å². The fourth-order valence-corrected chi connectivity index (χ4v) is 1.41. The van der Waals surface area contributed by atoms with Crippen molar-refractivity contribution < 1.29 is 13.6 Å². The number of hydrogen-bond donors (Lipinski definition) is 0. The van der Waals surface area contributed by atoms with E-state index in [1.165, 1.54) is 4.90 Å². The van der Waals surface area contributed by atoms with Crippen LogP contribution in [-0.4, -0.2) is 49.4 Å². The SMILES string of the molecule is CN(C)C(=O)N1CC(CC(F)F)C1. The van der Waals surface area contributed by atoms with Crippen molar-refractivity contribution >= 4 is 6.03 Å². The molecule has 0 bridgehead atoms. The Bertz CT molecular complexity index is 191. The smallest absolute Gasteiger partial charge is 0.319 e. The lowest BCUT2D eigenvalue weighted by atomic mass is 9.97. The third kappa shape index (κ3) is 2.54. The molecule has 0 atom stereocenters. The van der Waals surface area contributed by atoms with E-state index in [1.54, 1.807) is 19.0 Å². The highest BCUT2D eigenvalue weighted by Crippen LogP contribution is 2.22. The van der Waals surface area contributed by atoms with Gasteiger partial charge in [0.2, 0.25) is 6.43 Å². The largest absolute Gasteiger partial charge is 0.331 e. The number of urea groups is 1. The monoisotopic (exact) mass is 192 g/mol. The first-order valence-electron chi connectivity index (χ1n) is 4.25. The van der Waals surface area contributed by atoms with Gasteiger partial charge in [0, 0.05) is 33.6 Å². The summed E-state index contributed by atoms with van der Waals surface area (Å²) in [5, 5.41) is 0. The first kappa shape index (κ1) is 10.2. The Morgan fingerprint density at radius 2 is 2.08 bits per heavy atom. The van der Waals surface area contributed by atoms with Gasteiger partial charge in [-0.25, -0.2) is 13.6 Å². The predicted octanol–water partition coefficient (Wildman–Crippen LogP) is 1.26. The van der Waals surface area contributed by atoms with Crippen LogP contribution in [0.1, 0.15) is 6.42 Å². The maximum Gasteiger partial charge on any atom is 0.319 e. The molecule has 3 nitrogen and oxygen atoms in total. The molecule has 1 fully saturated rings. The van der Waals surface area contributed by atoms with Crippen LogP contribution in [0, 0.1) is 5.92 Å². The fourth-order valence-electron chi connectivity index (χ4n) is 1.41. The normalized spacial score (nSPS) is 17.5. The molecule has 13 heavy (non-hydrogen) atoms. The molecule has 1 aliphatic rings. The number of alkyl halides is 2. The lowest BCUT2D eigenvalue weighted by Crippen LogP contribution is -2.53. The van der Waals surface area contributed by atoms with Crippen molar-refractivity contribution in [3.63, 3.8) is 0 Å². The van der Waals surface area contributed by atoms with E-state index in [4.69, 9.17) is 0 Å². The Kier molecular flexibility index (Phi) is 3.06. The number of amides is 2. The van der Waals surface area contributed by atoms with Crippen LogP contribution in [-0.2, 0) is 0 Å². The van der Waals surface area contributed by atoms with Crippen LogP contribution in [0.2, 0.25) is 0 Å². The average molecular weight is 192 g/mol. The number of likely N-dealkylation sites (tertiary alicyclic amines) is 1. The van der Waals surface area contributed by atoms with Gasteiger partial charge < -0.3 is 9.80 Å². The summed E-state index contributed by atoms with van der Waals surface area (Å²) in [5.41, 5.74) is 0. The Hall–Kier alpha value is -0.870. The van der Waals surface area contributed by atoms with Gasteiger partial charge in [-0.2, -0.15) is 0 Å². The van der Waals surface area contributed by atoms with Crippen molar-refractivity contribution in [2.45, 2.75) is 12.8 Å². The van der Waals surface area contributed by atoms with Gasteiger partial charge in [0.1, 0.15) is 0 Å². The van der Waals surface area contributed by atoms with E-state index in [9.17, 15) is 13.6 Å². The van der Waals surface area contributed by atoms with Crippen molar-refractivity contribution in [3.8, 4) is 0 Å². The Morgan fingerprint density at radius 3 is 2.46 bits per heavy atom. The molecular weight excluding hydrogens is 178 g/mol. The summed E-state index contributed by atoms with van der Waals surface area (Å²) in [4.78, 5) is 14.3. The second-order valence-electron chi connectivity index (χ2n) is 3.57. The van der Waals surface area contributed by atoms with E-state index in [1.807, 2.05) is 0 Å². The average Bonchev–Trinajstić information content (AvgIpc) is 1.94. The van der Waals surface area contributed by atoms with Crippen LogP contribution >= 0.6 is 0 Å². The number of carbonyl (C=O) groups excluding carboxylic acids is 1.